The van der Waals surface area contributed by atoms with Crippen molar-refractivity contribution in [3.63, 3.8) is 0 Å². The van der Waals surface area contributed by atoms with Crippen molar-refractivity contribution < 1.29 is 5.11 Å². The summed E-state index contributed by atoms with van der Waals surface area (Å²) in [5.41, 5.74) is 2.41. The minimum atomic E-state index is 0.329. The fourth-order valence-corrected chi connectivity index (χ4v) is 2.06. The van der Waals surface area contributed by atoms with Crippen molar-refractivity contribution >= 4 is 10.9 Å². The number of rotatable bonds is 4. The average Bonchev–Trinajstić information content (AvgIpc) is 2.57. The van der Waals surface area contributed by atoms with Crippen LogP contribution in [-0.4, -0.2) is 23.3 Å². The summed E-state index contributed by atoms with van der Waals surface area (Å²) in [6, 6.07) is 7.72. The highest BCUT2D eigenvalue weighted by Crippen LogP contribution is 2.23. The van der Waals surface area contributed by atoms with Crippen LogP contribution in [0.4, 0.5) is 0 Å². The maximum atomic E-state index is 9.45. The Morgan fingerprint density at radius 2 is 2.12 bits per heavy atom. The first-order valence-corrected chi connectivity index (χ1v) is 5.64. The summed E-state index contributed by atoms with van der Waals surface area (Å²) in [4.78, 5) is 0. The van der Waals surface area contributed by atoms with Crippen molar-refractivity contribution in [1.29, 1.82) is 0 Å². The van der Waals surface area contributed by atoms with Gasteiger partial charge in [-0.25, -0.2) is 0 Å². The quantitative estimate of drug-likeness (QED) is 0.771. The average molecular weight is 218 g/mol. The molecule has 3 heteroatoms. The molecule has 2 aromatic rings. The van der Waals surface area contributed by atoms with Gasteiger partial charge in [0.1, 0.15) is 5.75 Å². The summed E-state index contributed by atoms with van der Waals surface area (Å²) in [7, 11) is 4.02. The highest BCUT2D eigenvalue weighted by Gasteiger charge is 2.05. The third-order valence-corrected chi connectivity index (χ3v) is 2.99. The number of fused-ring (bicyclic) bond motifs is 1. The van der Waals surface area contributed by atoms with E-state index >= 15 is 0 Å². The second-order valence-electron chi connectivity index (χ2n) is 4.14. The van der Waals surface area contributed by atoms with Gasteiger partial charge < -0.3 is 15.0 Å². The minimum absolute atomic E-state index is 0.329. The van der Waals surface area contributed by atoms with Crippen LogP contribution in [0.1, 0.15) is 12.1 Å². The summed E-state index contributed by atoms with van der Waals surface area (Å²) in [5, 5.41) is 13.8. The van der Waals surface area contributed by atoms with Crippen LogP contribution in [0.5, 0.6) is 5.75 Å². The summed E-state index contributed by atoms with van der Waals surface area (Å²) < 4.78 is 2.16. The van der Waals surface area contributed by atoms with Gasteiger partial charge in [0.2, 0.25) is 0 Å². The number of nitrogens with one attached hydrogen (secondary N) is 1. The van der Waals surface area contributed by atoms with Crippen LogP contribution < -0.4 is 5.32 Å². The molecule has 1 heterocycles. The van der Waals surface area contributed by atoms with E-state index in [1.54, 1.807) is 6.07 Å². The van der Waals surface area contributed by atoms with Crippen LogP contribution in [-0.2, 0) is 13.5 Å². The SMILES string of the molecule is CNCCCc1cc2ccc(O)cc2n1C. The van der Waals surface area contributed by atoms with Gasteiger partial charge in [0, 0.05) is 24.2 Å². The number of benzene rings is 1. The first-order chi connectivity index (χ1) is 7.72. The molecule has 86 valence electrons. The molecule has 0 spiro atoms. The summed E-state index contributed by atoms with van der Waals surface area (Å²) in [6.45, 7) is 1.03. The first-order valence-electron chi connectivity index (χ1n) is 5.64. The molecule has 0 aliphatic carbocycles. The second-order valence-corrected chi connectivity index (χ2v) is 4.14. The van der Waals surface area contributed by atoms with Gasteiger partial charge in [0.05, 0.1) is 5.52 Å². The van der Waals surface area contributed by atoms with Crippen molar-refractivity contribution in [2.75, 3.05) is 13.6 Å². The van der Waals surface area contributed by atoms with E-state index in [-0.39, 0.29) is 0 Å². The third kappa shape index (κ3) is 2.04. The standard InChI is InChI=1S/C13H18N2O/c1-14-7-3-4-11-8-10-5-6-12(16)9-13(10)15(11)2/h5-6,8-9,14,16H,3-4,7H2,1-2H3. The van der Waals surface area contributed by atoms with Gasteiger partial charge in [-0.3, -0.25) is 0 Å². The zero-order valence-corrected chi connectivity index (χ0v) is 9.83. The number of hydrogen-bond acceptors (Lipinski definition) is 2. The smallest absolute Gasteiger partial charge is 0.117 e. The van der Waals surface area contributed by atoms with E-state index in [0.717, 1.165) is 24.9 Å². The van der Waals surface area contributed by atoms with Crippen LogP contribution in [0, 0.1) is 0 Å². The third-order valence-electron chi connectivity index (χ3n) is 2.99. The fraction of sp³-hybridized carbons (Fsp3) is 0.385. The van der Waals surface area contributed by atoms with Gasteiger partial charge in [0.25, 0.3) is 0 Å². The molecule has 0 saturated carbocycles. The Kier molecular flexibility index (Phi) is 3.15. The Bertz CT molecular complexity index is 488. The van der Waals surface area contributed by atoms with Crippen LogP contribution in [0.3, 0.4) is 0 Å². The Morgan fingerprint density at radius 1 is 1.31 bits per heavy atom. The monoisotopic (exact) mass is 218 g/mol. The Hall–Kier alpha value is -1.48. The zero-order chi connectivity index (χ0) is 11.5. The molecule has 2 N–H and O–H groups in total. The van der Waals surface area contributed by atoms with Crippen molar-refractivity contribution in [3.05, 3.63) is 30.0 Å². The summed E-state index contributed by atoms with van der Waals surface area (Å²) in [6.07, 6.45) is 2.19. The molecular weight excluding hydrogens is 200 g/mol. The lowest BCUT2D eigenvalue weighted by molar-refractivity contribution is 0.476. The van der Waals surface area contributed by atoms with Gasteiger partial charge in [-0.1, -0.05) is 0 Å². The van der Waals surface area contributed by atoms with Gasteiger partial charge in [-0.2, -0.15) is 0 Å². The Morgan fingerprint density at radius 3 is 2.88 bits per heavy atom. The maximum Gasteiger partial charge on any atom is 0.117 e. The number of phenols is 1. The molecule has 0 unspecified atom stereocenters. The molecule has 0 fully saturated rings. The number of aromatic hydroxyl groups is 1. The summed E-state index contributed by atoms with van der Waals surface area (Å²) in [5.74, 6) is 0.329. The lowest BCUT2D eigenvalue weighted by atomic mass is 10.2. The molecule has 2 rings (SSSR count). The Labute approximate surface area is 95.7 Å². The topological polar surface area (TPSA) is 37.2 Å². The fourth-order valence-electron chi connectivity index (χ4n) is 2.06. The molecule has 0 amide bonds. The van der Waals surface area contributed by atoms with Crippen molar-refractivity contribution in [2.24, 2.45) is 7.05 Å². The van der Waals surface area contributed by atoms with E-state index in [0.29, 0.717) is 5.75 Å². The molecule has 1 aromatic carbocycles. The van der Waals surface area contributed by atoms with Crippen molar-refractivity contribution in [3.8, 4) is 5.75 Å². The van der Waals surface area contributed by atoms with Crippen molar-refractivity contribution in [2.45, 2.75) is 12.8 Å². The van der Waals surface area contributed by atoms with Crippen LogP contribution in [0.15, 0.2) is 24.3 Å². The molecule has 3 nitrogen and oxygen atoms in total. The predicted octanol–water partition coefficient (Wildman–Crippen LogP) is 2.04. The van der Waals surface area contributed by atoms with Gasteiger partial charge in [-0.05, 0) is 44.6 Å². The van der Waals surface area contributed by atoms with Gasteiger partial charge in [0.15, 0.2) is 0 Å². The maximum absolute atomic E-state index is 9.45. The molecule has 0 aliphatic heterocycles. The largest absolute Gasteiger partial charge is 0.508 e. The minimum Gasteiger partial charge on any atom is -0.508 e. The number of aryl methyl sites for hydroxylation is 2. The first kappa shape index (κ1) is 11.0. The Balaban J connectivity index is 2.29. The molecule has 16 heavy (non-hydrogen) atoms. The van der Waals surface area contributed by atoms with E-state index in [1.807, 2.05) is 19.2 Å². The second kappa shape index (κ2) is 4.58. The zero-order valence-electron chi connectivity index (χ0n) is 9.83. The van der Waals surface area contributed by atoms with E-state index in [4.69, 9.17) is 0 Å². The molecular formula is C13H18N2O. The van der Waals surface area contributed by atoms with Crippen molar-refractivity contribution in [1.82, 2.24) is 9.88 Å². The van der Waals surface area contributed by atoms with Crippen LogP contribution >= 0.6 is 0 Å². The lowest BCUT2D eigenvalue weighted by Gasteiger charge is -2.04. The molecule has 0 saturated heterocycles. The molecule has 0 bridgehead atoms. The highest BCUT2D eigenvalue weighted by atomic mass is 16.3. The van der Waals surface area contributed by atoms with E-state index < -0.39 is 0 Å². The van der Waals surface area contributed by atoms with Crippen LogP contribution in [0.2, 0.25) is 0 Å². The molecule has 0 aliphatic rings. The number of aromatic nitrogens is 1. The predicted molar refractivity (Wildman–Crippen MR) is 66.8 cm³/mol. The summed E-state index contributed by atoms with van der Waals surface area (Å²) >= 11 is 0. The van der Waals surface area contributed by atoms with E-state index in [9.17, 15) is 5.11 Å². The van der Waals surface area contributed by atoms with Crippen LogP contribution in [0.25, 0.3) is 10.9 Å². The number of hydrogen-bond donors (Lipinski definition) is 2. The normalized spacial score (nSPS) is 11.1. The van der Waals surface area contributed by atoms with Gasteiger partial charge in [-0.15, -0.1) is 0 Å². The molecule has 0 atom stereocenters. The molecule has 0 radical (unpaired) electrons. The number of phenolic OH excluding ortho intramolecular Hbond substituents is 1. The lowest BCUT2D eigenvalue weighted by Crippen LogP contribution is -2.09. The highest BCUT2D eigenvalue weighted by molar-refractivity contribution is 5.82. The number of nitrogens with zero attached hydrogens (tertiary/aromatic N) is 1. The van der Waals surface area contributed by atoms with E-state index in [1.165, 1.54) is 11.1 Å². The molecule has 1 aromatic heterocycles. The van der Waals surface area contributed by atoms with Gasteiger partial charge >= 0.3 is 0 Å². The van der Waals surface area contributed by atoms with E-state index in [2.05, 4.69) is 23.0 Å².